The topological polar surface area (TPSA) is 117 Å². The van der Waals surface area contributed by atoms with Gasteiger partial charge in [0.15, 0.2) is 5.82 Å². The van der Waals surface area contributed by atoms with E-state index < -0.39 is 5.91 Å². The fourth-order valence-corrected chi connectivity index (χ4v) is 2.97. The number of aliphatic hydroxyl groups is 1. The second-order valence-electron chi connectivity index (χ2n) is 5.83. The molecule has 7 nitrogen and oxygen atoms in total. The van der Waals surface area contributed by atoms with Gasteiger partial charge in [-0.15, -0.1) is 0 Å². The van der Waals surface area contributed by atoms with Gasteiger partial charge in [-0.1, -0.05) is 11.6 Å². The molecule has 25 heavy (non-hydrogen) atoms. The number of nitrogens with one attached hydrogen (secondary N) is 1. The summed E-state index contributed by atoms with van der Waals surface area (Å²) in [5.41, 5.74) is 6.60. The second-order valence-corrected chi connectivity index (χ2v) is 6.27. The monoisotopic (exact) mass is 361 g/mol. The van der Waals surface area contributed by atoms with E-state index >= 15 is 0 Å². The summed E-state index contributed by atoms with van der Waals surface area (Å²) in [5.74, 6) is -0.0884. The molecule has 0 spiro atoms. The maximum atomic E-state index is 11.7. The molecular weight excluding hydrogens is 342 g/mol. The van der Waals surface area contributed by atoms with Crippen LogP contribution >= 0.6 is 11.6 Å². The second kappa shape index (κ2) is 8.51. The average Bonchev–Trinajstić information content (AvgIpc) is 3.03. The molecule has 0 saturated heterocycles. The zero-order valence-corrected chi connectivity index (χ0v) is 14.4. The number of carbonyl (C=O) groups is 1. The Morgan fingerprint density at radius 1 is 1.28 bits per heavy atom. The largest absolute Gasteiger partial charge is 0.393 e. The van der Waals surface area contributed by atoms with Gasteiger partial charge in [0.1, 0.15) is 5.56 Å². The van der Waals surface area contributed by atoms with E-state index in [1.165, 1.54) is 0 Å². The van der Waals surface area contributed by atoms with Crippen LogP contribution in [0.15, 0.2) is 30.5 Å². The zero-order chi connectivity index (χ0) is 18.4. The summed E-state index contributed by atoms with van der Waals surface area (Å²) >= 11 is 5.87. The first-order valence-electron chi connectivity index (χ1n) is 7.88. The Kier molecular flexibility index (Phi) is 6.39. The third kappa shape index (κ3) is 4.72. The molecule has 2 aromatic rings. The summed E-state index contributed by atoms with van der Waals surface area (Å²) in [6.07, 6.45) is 4.61. The lowest BCUT2D eigenvalue weighted by Gasteiger charge is -2.25. The number of halogens is 1. The number of benzene rings is 1. The lowest BCUT2D eigenvalue weighted by atomic mass is 9.93. The number of amides is 1. The van der Waals surface area contributed by atoms with Crippen molar-refractivity contribution in [1.82, 2.24) is 9.78 Å². The minimum absolute atomic E-state index is 0.178. The van der Waals surface area contributed by atoms with Crippen molar-refractivity contribution >= 4 is 29.0 Å². The lowest BCUT2D eigenvalue weighted by molar-refractivity contribution is 0.0998. The highest BCUT2D eigenvalue weighted by Crippen LogP contribution is 2.30. The first-order chi connectivity index (χ1) is 12.0. The van der Waals surface area contributed by atoms with Crippen LogP contribution < -0.4 is 11.1 Å². The highest BCUT2D eigenvalue weighted by atomic mass is 35.5. The van der Waals surface area contributed by atoms with E-state index in [0.717, 1.165) is 31.4 Å². The van der Waals surface area contributed by atoms with Gasteiger partial charge in [-0.25, -0.2) is 5.26 Å². The summed E-state index contributed by atoms with van der Waals surface area (Å²) in [6, 6.07) is 7.31. The predicted octanol–water partition coefficient (Wildman–Crippen LogP) is 2.99. The van der Waals surface area contributed by atoms with Gasteiger partial charge in [0.25, 0.3) is 5.91 Å². The molecule has 1 aromatic carbocycles. The molecular formula is C17H20ClN5O2. The van der Waals surface area contributed by atoms with E-state index in [1.807, 2.05) is 12.1 Å². The molecule has 0 atom stereocenters. The molecule has 1 saturated carbocycles. The molecule has 4 N–H and O–H groups in total. The number of anilines is 2. The molecule has 1 fully saturated rings. The highest BCUT2D eigenvalue weighted by molar-refractivity contribution is 6.30. The first-order valence-corrected chi connectivity index (χ1v) is 8.26. The van der Waals surface area contributed by atoms with Gasteiger partial charge in [-0.2, -0.15) is 5.10 Å². The van der Waals surface area contributed by atoms with Crippen LogP contribution in [0.4, 0.5) is 11.5 Å². The quantitative estimate of drug-likeness (QED) is 0.773. The maximum Gasteiger partial charge on any atom is 0.254 e. The Bertz CT molecular complexity index is 733. The van der Waals surface area contributed by atoms with Gasteiger partial charge in [0, 0.05) is 23.5 Å². The Morgan fingerprint density at radius 2 is 1.88 bits per heavy atom. The van der Waals surface area contributed by atoms with Gasteiger partial charge < -0.3 is 16.2 Å². The number of hydrogen-bond acceptors (Lipinski definition) is 5. The number of carbonyl (C=O) groups excluding carboxylic acids is 1. The Balaban J connectivity index is 0.00000109. The number of nitriles is 1. The molecule has 0 bridgehead atoms. The summed E-state index contributed by atoms with van der Waals surface area (Å²) in [5, 5.41) is 24.3. The molecule has 1 amide bonds. The van der Waals surface area contributed by atoms with Crippen LogP contribution in [-0.4, -0.2) is 26.9 Å². The van der Waals surface area contributed by atoms with E-state index in [2.05, 4.69) is 17.0 Å². The fraction of sp³-hybridized carbons (Fsp3) is 0.353. The van der Waals surface area contributed by atoms with Gasteiger partial charge in [0.2, 0.25) is 0 Å². The molecule has 1 aromatic heterocycles. The van der Waals surface area contributed by atoms with Crippen LogP contribution in [0.2, 0.25) is 5.02 Å². The summed E-state index contributed by atoms with van der Waals surface area (Å²) in [6.45, 7) is 3.50. The predicted molar refractivity (Wildman–Crippen MR) is 95.7 cm³/mol. The van der Waals surface area contributed by atoms with Gasteiger partial charge in [-0.3, -0.25) is 9.48 Å². The molecule has 1 heterocycles. The Hall–Kier alpha value is -2.56. The van der Waals surface area contributed by atoms with Crippen molar-refractivity contribution in [2.45, 2.75) is 37.8 Å². The summed E-state index contributed by atoms with van der Waals surface area (Å²) < 4.78 is 1.78. The normalized spacial score (nSPS) is 19.5. The standard InChI is InChI=1S/C16H19ClN4O2.CHN/c17-10-1-3-11(4-2-10)19-16-14(15(18)23)9-21(20-16)12-5-7-13(22)8-6-12;1-2/h1-4,9,12-13,22H,5-8H2,(H2,18,23)(H,19,20);1H. The molecule has 1 aliphatic rings. The van der Waals surface area contributed by atoms with Crippen molar-refractivity contribution in [2.75, 3.05) is 5.32 Å². The van der Waals surface area contributed by atoms with Crippen LogP contribution in [0.25, 0.3) is 0 Å². The van der Waals surface area contributed by atoms with Crippen molar-refractivity contribution in [1.29, 1.82) is 5.26 Å². The number of nitrogens with two attached hydrogens (primary N) is 1. The maximum absolute atomic E-state index is 11.7. The molecule has 0 aliphatic heterocycles. The van der Waals surface area contributed by atoms with Crippen LogP contribution in [0, 0.1) is 11.8 Å². The number of hydrogen-bond donors (Lipinski definition) is 3. The number of primary amides is 1. The first kappa shape index (κ1) is 18.8. The average molecular weight is 362 g/mol. The smallest absolute Gasteiger partial charge is 0.254 e. The van der Waals surface area contributed by atoms with Crippen molar-refractivity contribution in [3.63, 3.8) is 0 Å². The van der Waals surface area contributed by atoms with E-state index in [-0.39, 0.29) is 12.1 Å². The van der Waals surface area contributed by atoms with Crippen molar-refractivity contribution in [3.05, 3.63) is 41.0 Å². The number of rotatable bonds is 4. The van der Waals surface area contributed by atoms with E-state index in [9.17, 15) is 9.90 Å². The Labute approximate surface area is 151 Å². The summed E-state index contributed by atoms with van der Waals surface area (Å²) in [4.78, 5) is 11.7. The molecule has 0 unspecified atom stereocenters. The SMILES string of the molecule is C#N.NC(=O)c1cn(C2CCC(O)CC2)nc1Nc1ccc(Cl)cc1. The van der Waals surface area contributed by atoms with Crippen molar-refractivity contribution in [2.24, 2.45) is 5.73 Å². The van der Waals surface area contributed by atoms with Gasteiger partial charge >= 0.3 is 0 Å². The third-order valence-electron chi connectivity index (χ3n) is 4.14. The zero-order valence-electron chi connectivity index (χ0n) is 13.6. The third-order valence-corrected chi connectivity index (χ3v) is 4.40. The summed E-state index contributed by atoms with van der Waals surface area (Å²) in [7, 11) is 0. The molecule has 132 valence electrons. The minimum Gasteiger partial charge on any atom is -0.393 e. The minimum atomic E-state index is -0.524. The molecule has 1 aliphatic carbocycles. The number of nitrogens with zero attached hydrogens (tertiary/aromatic N) is 3. The Morgan fingerprint density at radius 3 is 2.44 bits per heavy atom. The number of aromatic nitrogens is 2. The molecule has 8 heteroatoms. The number of aliphatic hydroxyl groups excluding tert-OH is 1. The van der Waals surface area contributed by atoms with E-state index in [0.29, 0.717) is 16.4 Å². The van der Waals surface area contributed by atoms with Gasteiger partial charge in [-0.05, 0) is 49.9 Å². The van der Waals surface area contributed by atoms with Gasteiger partial charge in [0.05, 0.1) is 12.1 Å². The van der Waals surface area contributed by atoms with E-state index in [1.54, 1.807) is 23.0 Å². The van der Waals surface area contributed by atoms with Crippen LogP contribution in [0.1, 0.15) is 42.1 Å². The van der Waals surface area contributed by atoms with Crippen molar-refractivity contribution < 1.29 is 9.90 Å². The van der Waals surface area contributed by atoms with Crippen molar-refractivity contribution in [3.8, 4) is 6.57 Å². The molecule has 0 radical (unpaired) electrons. The van der Waals surface area contributed by atoms with Crippen LogP contribution in [0.5, 0.6) is 0 Å². The van der Waals surface area contributed by atoms with Crippen LogP contribution in [0.3, 0.4) is 0 Å². The lowest BCUT2D eigenvalue weighted by Crippen LogP contribution is -2.21. The van der Waals surface area contributed by atoms with Crippen LogP contribution in [-0.2, 0) is 0 Å². The van der Waals surface area contributed by atoms with E-state index in [4.69, 9.17) is 22.6 Å². The fourth-order valence-electron chi connectivity index (χ4n) is 2.84. The molecule has 3 rings (SSSR count). The highest BCUT2D eigenvalue weighted by Gasteiger charge is 2.24.